The maximum atomic E-state index is 4.32. The molecule has 1 aromatic carbocycles. The van der Waals surface area contributed by atoms with Gasteiger partial charge >= 0.3 is 0 Å². The third-order valence-corrected chi connectivity index (χ3v) is 3.35. The van der Waals surface area contributed by atoms with Crippen molar-refractivity contribution in [2.24, 2.45) is 5.92 Å². The van der Waals surface area contributed by atoms with Crippen LogP contribution in [-0.2, 0) is 0 Å². The van der Waals surface area contributed by atoms with E-state index >= 15 is 0 Å². The lowest BCUT2D eigenvalue weighted by Gasteiger charge is -2.14. The summed E-state index contributed by atoms with van der Waals surface area (Å²) in [4.78, 5) is 4.32. The van der Waals surface area contributed by atoms with Crippen molar-refractivity contribution in [1.29, 1.82) is 0 Å². The standard InChI is InChI=1S/C15H20N2/c1-3-12(4-2)11-17-14-7-8-15-13(10-14)6-5-9-16-15/h5-10,12,17H,3-4,11H2,1-2H3. The first-order chi connectivity index (χ1) is 8.33. The first-order valence-corrected chi connectivity index (χ1v) is 6.42. The van der Waals surface area contributed by atoms with Crippen LogP contribution < -0.4 is 5.32 Å². The lowest BCUT2D eigenvalue weighted by molar-refractivity contribution is 0.519. The SMILES string of the molecule is CCC(CC)CNc1ccc2ncccc2c1. The van der Waals surface area contributed by atoms with Crippen molar-refractivity contribution in [3.63, 3.8) is 0 Å². The summed E-state index contributed by atoms with van der Waals surface area (Å²) in [6.45, 7) is 5.55. The smallest absolute Gasteiger partial charge is 0.0703 e. The van der Waals surface area contributed by atoms with Gasteiger partial charge in [0.05, 0.1) is 5.52 Å². The Balaban J connectivity index is 2.09. The average Bonchev–Trinajstić information content (AvgIpc) is 2.40. The zero-order valence-corrected chi connectivity index (χ0v) is 10.6. The number of fused-ring (bicyclic) bond motifs is 1. The highest BCUT2D eigenvalue weighted by atomic mass is 14.9. The Morgan fingerprint density at radius 2 is 2.00 bits per heavy atom. The number of nitrogens with one attached hydrogen (secondary N) is 1. The van der Waals surface area contributed by atoms with Crippen molar-refractivity contribution in [3.8, 4) is 0 Å². The number of benzene rings is 1. The van der Waals surface area contributed by atoms with E-state index in [1.165, 1.54) is 23.9 Å². The molecule has 0 radical (unpaired) electrons. The number of hydrogen-bond donors (Lipinski definition) is 1. The molecule has 0 atom stereocenters. The Morgan fingerprint density at radius 1 is 1.18 bits per heavy atom. The molecule has 2 heteroatoms. The second-order valence-corrected chi connectivity index (χ2v) is 4.47. The predicted octanol–water partition coefficient (Wildman–Crippen LogP) is 4.08. The fourth-order valence-corrected chi connectivity index (χ4v) is 2.03. The van der Waals surface area contributed by atoms with E-state index in [4.69, 9.17) is 0 Å². The molecule has 1 heterocycles. The quantitative estimate of drug-likeness (QED) is 0.834. The van der Waals surface area contributed by atoms with Gasteiger partial charge in [0, 0.05) is 23.8 Å². The first kappa shape index (κ1) is 11.9. The summed E-state index contributed by atoms with van der Waals surface area (Å²) >= 11 is 0. The molecule has 90 valence electrons. The highest BCUT2D eigenvalue weighted by Crippen LogP contribution is 2.18. The van der Waals surface area contributed by atoms with Crippen LogP contribution in [0.3, 0.4) is 0 Å². The van der Waals surface area contributed by atoms with Gasteiger partial charge in [-0.3, -0.25) is 4.98 Å². The van der Waals surface area contributed by atoms with E-state index in [2.05, 4.69) is 48.4 Å². The summed E-state index contributed by atoms with van der Waals surface area (Å²) in [5.41, 5.74) is 2.25. The fraction of sp³-hybridized carbons (Fsp3) is 0.400. The van der Waals surface area contributed by atoms with E-state index in [0.29, 0.717) is 0 Å². The van der Waals surface area contributed by atoms with Gasteiger partial charge in [-0.05, 0) is 30.2 Å². The topological polar surface area (TPSA) is 24.9 Å². The fourth-order valence-electron chi connectivity index (χ4n) is 2.03. The first-order valence-electron chi connectivity index (χ1n) is 6.42. The molecule has 2 aromatic rings. The van der Waals surface area contributed by atoms with Crippen molar-refractivity contribution in [2.75, 3.05) is 11.9 Å². The molecule has 1 aromatic heterocycles. The number of nitrogens with zero attached hydrogens (tertiary/aromatic N) is 1. The van der Waals surface area contributed by atoms with Crippen molar-refractivity contribution in [1.82, 2.24) is 4.98 Å². The molecule has 2 nitrogen and oxygen atoms in total. The average molecular weight is 228 g/mol. The van der Waals surface area contributed by atoms with E-state index in [0.717, 1.165) is 18.0 Å². The summed E-state index contributed by atoms with van der Waals surface area (Å²) in [5.74, 6) is 0.764. The summed E-state index contributed by atoms with van der Waals surface area (Å²) in [5, 5.41) is 4.71. The Labute approximate surface area is 103 Å². The van der Waals surface area contributed by atoms with Crippen molar-refractivity contribution < 1.29 is 0 Å². The molecule has 1 N–H and O–H groups in total. The van der Waals surface area contributed by atoms with E-state index in [9.17, 15) is 0 Å². The van der Waals surface area contributed by atoms with Crippen molar-refractivity contribution >= 4 is 16.6 Å². The Hall–Kier alpha value is -1.57. The maximum absolute atomic E-state index is 4.32. The Morgan fingerprint density at radius 3 is 2.76 bits per heavy atom. The van der Waals surface area contributed by atoms with Crippen molar-refractivity contribution in [2.45, 2.75) is 26.7 Å². The lowest BCUT2D eigenvalue weighted by Crippen LogP contribution is -2.12. The number of aromatic nitrogens is 1. The van der Waals surface area contributed by atoms with Crippen LogP contribution in [0.15, 0.2) is 36.5 Å². The summed E-state index contributed by atoms with van der Waals surface area (Å²) in [7, 11) is 0. The van der Waals surface area contributed by atoms with Crippen LogP contribution in [0.5, 0.6) is 0 Å². The highest BCUT2D eigenvalue weighted by molar-refractivity contribution is 5.82. The van der Waals surface area contributed by atoms with E-state index in [1.54, 1.807) is 0 Å². The van der Waals surface area contributed by atoms with E-state index in [-0.39, 0.29) is 0 Å². The number of rotatable bonds is 5. The lowest BCUT2D eigenvalue weighted by atomic mass is 10.0. The highest BCUT2D eigenvalue weighted by Gasteiger charge is 2.03. The monoisotopic (exact) mass is 228 g/mol. The second kappa shape index (κ2) is 5.67. The minimum absolute atomic E-state index is 0.764. The zero-order valence-electron chi connectivity index (χ0n) is 10.6. The molecule has 0 spiro atoms. The van der Waals surface area contributed by atoms with Crippen LogP contribution in [0.25, 0.3) is 10.9 Å². The van der Waals surface area contributed by atoms with Gasteiger partial charge in [0.2, 0.25) is 0 Å². The van der Waals surface area contributed by atoms with Gasteiger partial charge in [-0.15, -0.1) is 0 Å². The summed E-state index contributed by atoms with van der Waals surface area (Å²) in [6.07, 6.45) is 4.30. The minimum Gasteiger partial charge on any atom is -0.385 e. The predicted molar refractivity (Wildman–Crippen MR) is 74.3 cm³/mol. The van der Waals surface area contributed by atoms with E-state index in [1.807, 2.05) is 12.3 Å². The molecular weight excluding hydrogens is 208 g/mol. The van der Waals surface area contributed by atoms with Crippen LogP contribution in [0.2, 0.25) is 0 Å². The number of hydrogen-bond acceptors (Lipinski definition) is 2. The van der Waals surface area contributed by atoms with Crippen LogP contribution in [0, 0.1) is 5.92 Å². The van der Waals surface area contributed by atoms with Crippen molar-refractivity contribution in [3.05, 3.63) is 36.5 Å². The molecule has 17 heavy (non-hydrogen) atoms. The molecule has 0 aliphatic heterocycles. The molecular formula is C15H20N2. The second-order valence-electron chi connectivity index (χ2n) is 4.47. The third kappa shape index (κ3) is 2.96. The van der Waals surface area contributed by atoms with Gasteiger partial charge in [-0.2, -0.15) is 0 Å². The van der Waals surface area contributed by atoms with Gasteiger partial charge in [0.1, 0.15) is 0 Å². The van der Waals surface area contributed by atoms with Crippen LogP contribution in [0.4, 0.5) is 5.69 Å². The van der Waals surface area contributed by atoms with E-state index < -0.39 is 0 Å². The third-order valence-electron chi connectivity index (χ3n) is 3.35. The molecule has 0 bridgehead atoms. The molecule has 0 aliphatic rings. The summed E-state index contributed by atoms with van der Waals surface area (Å²) < 4.78 is 0. The summed E-state index contributed by atoms with van der Waals surface area (Å²) in [6, 6.07) is 10.4. The number of anilines is 1. The zero-order chi connectivity index (χ0) is 12.1. The number of pyridine rings is 1. The molecule has 0 amide bonds. The van der Waals surface area contributed by atoms with Gasteiger partial charge in [0.25, 0.3) is 0 Å². The van der Waals surface area contributed by atoms with Crippen LogP contribution in [0.1, 0.15) is 26.7 Å². The molecule has 0 fully saturated rings. The molecule has 0 saturated carbocycles. The van der Waals surface area contributed by atoms with Crippen LogP contribution in [-0.4, -0.2) is 11.5 Å². The minimum atomic E-state index is 0.764. The largest absolute Gasteiger partial charge is 0.385 e. The van der Waals surface area contributed by atoms with Gasteiger partial charge in [0.15, 0.2) is 0 Å². The Bertz CT molecular complexity index is 475. The van der Waals surface area contributed by atoms with Gasteiger partial charge < -0.3 is 5.32 Å². The molecule has 2 rings (SSSR count). The molecule has 0 aliphatic carbocycles. The van der Waals surface area contributed by atoms with Gasteiger partial charge in [-0.1, -0.05) is 32.8 Å². The maximum Gasteiger partial charge on any atom is 0.0703 e. The van der Waals surface area contributed by atoms with Crippen LogP contribution >= 0.6 is 0 Å². The molecule has 0 unspecified atom stereocenters. The molecule has 0 saturated heterocycles. The van der Waals surface area contributed by atoms with Gasteiger partial charge in [-0.25, -0.2) is 0 Å². The normalized spacial score (nSPS) is 11.0. The Kier molecular flexibility index (Phi) is 3.97.